The summed E-state index contributed by atoms with van der Waals surface area (Å²) in [6, 6.07) is 19.5. The van der Waals surface area contributed by atoms with E-state index in [1.807, 2.05) is 36.5 Å². The summed E-state index contributed by atoms with van der Waals surface area (Å²) in [5.41, 5.74) is 1.25. The van der Waals surface area contributed by atoms with Crippen molar-refractivity contribution in [2.24, 2.45) is 5.92 Å². The number of amides is 1. The zero-order chi connectivity index (χ0) is 20.6. The number of rotatable bonds is 5. The van der Waals surface area contributed by atoms with Gasteiger partial charge in [0, 0.05) is 34.6 Å². The van der Waals surface area contributed by atoms with E-state index in [-0.39, 0.29) is 4.90 Å². The summed E-state index contributed by atoms with van der Waals surface area (Å²) < 4.78 is 30.3. The summed E-state index contributed by atoms with van der Waals surface area (Å²) >= 11 is 0. The molecule has 4 rings (SSSR count). The van der Waals surface area contributed by atoms with Crippen LogP contribution < -0.4 is 4.72 Å². The highest BCUT2D eigenvalue weighted by atomic mass is 32.2. The number of carbonyl (C=O) groups excluding carboxylic acids is 1. The second kappa shape index (κ2) is 7.37. The molecular formula is C23H22N2O3S. The molecule has 0 saturated carbocycles. The summed E-state index contributed by atoms with van der Waals surface area (Å²) in [6.45, 7) is 5.07. The van der Waals surface area contributed by atoms with E-state index in [1.165, 1.54) is 6.07 Å². The van der Waals surface area contributed by atoms with Gasteiger partial charge in [-0.05, 0) is 35.6 Å². The number of nitrogens with zero attached hydrogens (tertiary/aromatic N) is 1. The first-order valence-corrected chi connectivity index (χ1v) is 11.0. The molecule has 1 amide bonds. The lowest BCUT2D eigenvalue weighted by Gasteiger charge is -2.11. The number of benzene rings is 3. The molecule has 5 nitrogen and oxygen atoms in total. The summed E-state index contributed by atoms with van der Waals surface area (Å²) in [4.78, 5) is 13.0. The SMILES string of the molecule is CC(C)Cn1ccc2c(C(=O)NS(=O)(=O)c3cccc4ccccc34)cccc21. The minimum absolute atomic E-state index is 0.0912. The molecule has 6 heteroatoms. The van der Waals surface area contributed by atoms with Gasteiger partial charge in [0.1, 0.15) is 0 Å². The monoisotopic (exact) mass is 406 g/mol. The number of fused-ring (bicyclic) bond motifs is 2. The molecule has 3 aromatic carbocycles. The minimum Gasteiger partial charge on any atom is -0.347 e. The first kappa shape index (κ1) is 19.2. The van der Waals surface area contributed by atoms with Crippen molar-refractivity contribution in [2.45, 2.75) is 25.3 Å². The molecule has 0 fully saturated rings. The van der Waals surface area contributed by atoms with Gasteiger partial charge in [-0.1, -0.05) is 56.3 Å². The molecule has 0 saturated heterocycles. The lowest BCUT2D eigenvalue weighted by molar-refractivity contribution is 0.0983. The molecule has 0 unspecified atom stereocenters. The molecule has 1 aromatic heterocycles. The van der Waals surface area contributed by atoms with Gasteiger partial charge in [0.2, 0.25) is 0 Å². The maximum atomic E-state index is 13.0. The quantitative estimate of drug-likeness (QED) is 0.528. The van der Waals surface area contributed by atoms with Crippen molar-refractivity contribution in [2.75, 3.05) is 0 Å². The Morgan fingerprint density at radius 1 is 0.931 bits per heavy atom. The van der Waals surface area contributed by atoms with Crippen molar-refractivity contribution in [3.05, 3.63) is 78.5 Å². The van der Waals surface area contributed by atoms with Crippen molar-refractivity contribution >= 4 is 37.6 Å². The van der Waals surface area contributed by atoms with Gasteiger partial charge in [0.15, 0.2) is 0 Å². The summed E-state index contributed by atoms with van der Waals surface area (Å²) in [5.74, 6) is -0.180. The number of hydrogen-bond acceptors (Lipinski definition) is 3. The minimum atomic E-state index is -4.02. The Morgan fingerprint density at radius 3 is 2.45 bits per heavy atom. The molecule has 0 aliphatic carbocycles. The van der Waals surface area contributed by atoms with Gasteiger partial charge in [-0.15, -0.1) is 0 Å². The summed E-state index contributed by atoms with van der Waals surface area (Å²) in [5, 5.41) is 2.12. The molecule has 0 bridgehead atoms. The molecule has 0 radical (unpaired) electrons. The molecule has 0 aliphatic heterocycles. The van der Waals surface area contributed by atoms with Crippen LogP contribution in [0.3, 0.4) is 0 Å². The van der Waals surface area contributed by atoms with Crippen molar-refractivity contribution in [1.29, 1.82) is 0 Å². The molecule has 0 atom stereocenters. The smallest absolute Gasteiger partial charge is 0.265 e. The van der Waals surface area contributed by atoms with Crippen LogP contribution >= 0.6 is 0 Å². The van der Waals surface area contributed by atoms with Gasteiger partial charge in [-0.2, -0.15) is 0 Å². The second-order valence-electron chi connectivity index (χ2n) is 7.51. The molecule has 4 aromatic rings. The van der Waals surface area contributed by atoms with Gasteiger partial charge < -0.3 is 4.57 Å². The standard InChI is InChI=1S/C23H22N2O3S/c1-16(2)15-25-14-13-19-20(10-6-11-21(19)25)23(26)24-29(27,28)22-12-5-8-17-7-3-4-9-18(17)22/h3-14,16H,15H2,1-2H3,(H,24,26). The maximum Gasteiger partial charge on any atom is 0.265 e. The molecule has 0 aliphatic rings. The van der Waals surface area contributed by atoms with Crippen molar-refractivity contribution in [3.63, 3.8) is 0 Å². The van der Waals surface area contributed by atoms with Crippen LogP contribution in [0.2, 0.25) is 0 Å². The van der Waals surface area contributed by atoms with Gasteiger partial charge >= 0.3 is 0 Å². The van der Waals surface area contributed by atoms with E-state index in [0.717, 1.165) is 22.8 Å². The number of sulfonamides is 1. The number of nitrogens with one attached hydrogen (secondary N) is 1. The fourth-order valence-corrected chi connectivity index (χ4v) is 4.83. The average molecular weight is 407 g/mol. The first-order chi connectivity index (χ1) is 13.9. The number of carbonyl (C=O) groups is 1. The Morgan fingerprint density at radius 2 is 1.66 bits per heavy atom. The third-order valence-corrected chi connectivity index (χ3v) is 6.28. The molecule has 1 heterocycles. The van der Waals surface area contributed by atoms with Crippen LogP contribution in [0.1, 0.15) is 24.2 Å². The highest BCUT2D eigenvalue weighted by Crippen LogP contribution is 2.25. The molecule has 1 N–H and O–H groups in total. The van der Waals surface area contributed by atoms with Crippen molar-refractivity contribution in [3.8, 4) is 0 Å². The molecule has 0 spiro atoms. The lowest BCUT2D eigenvalue weighted by Crippen LogP contribution is -2.30. The summed E-state index contributed by atoms with van der Waals surface area (Å²) in [7, 11) is -4.02. The Balaban J connectivity index is 1.71. The van der Waals surface area contributed by atoms with Crippen molar-refractivity contribution < 1.29 is 13.2 Å². The van der Waals surface area contributed by atoms with E-state index in [1.54, 1.807) is 30.3 Å². The first-order valence-electron chi connectivity index (χ1n) is 9.49. The normalized spacial score (nSPS) is 12.0. The van der Waals surface area contributed by atoms with E-state index < -0.39 is 15.9 Å². The highest BCUT2D eigenvalue weighted by molar-refractivity contribution is 7.90. The topological polar surface area (TPSA) is 68.2 Å². The maximum absolute atomic E-state index is 13.0. The molecular weight excluding hydrogens is 384 g/mol. The number of aromatic nitrogens is 1. The third-order valence-electron chi connectivity index (χ3n) is 4.89. The number of hydrogen-bond donors (Lipinski definition) is 1. The van der Waals surface area contributed by atoms with Crippen LogP contribution in [0.5, 0.6) is 0 Å². The van der Waals surface area contributed by atoms with E-state index in [4.69, 9.17) is 0 Å². The van der Waals surface area contributed by atoms with E-state index in [0.29, 0.717) is 16.9 Å². The third kappa shape index (κ3) is 3.63. The van der Waals surface area contributed by atoms with Crippen LogP contribution in [0.4, 0.5) is 0 Å². The molecule has 148 valence electrons. The highest BCUT2D eigenvalue weighted by Gasteiger charge is 2.22. The predicted molar refractivity (Wildman–Crippen MR) is 115 cm³/mol. The van der Waals surface area contributed by atoms with E-state index in [2.05, 4.69) is 23.1 Å². The average Bonchev–Trinajstić information content (AvgIpc) is 3.09. The Hall–Kier alpha value is -3.12. The summed E-state index contributed by atoms with van der Waals surface area (Å²) in [6.07, 6.45) is 1.93. The zero-order valence-corrected chi connectivity index (χ0v) is 17.1. The fourth-order valence-electron chi connectivity index (χ4n) is 3.64. The van der Waals surface area contributed by atoms with Crippen LogP contribution in [-0.2, 0) is 16.6 Å². The predicted octanol–water partition coefficient (Wildman–Crippen LogP) is 4.57. The van der Waals surface area contributed by atoms with E-state index in [9.17, 15) is 13.2 Å². The Bertz CT molecular complexity index is 1320. The second-order valence-corrected chi connectivity index (χ2v) is 9.16. The largest absolute Gasteiger partial charge is 0.347 e. The Labute approximate surface area is 170 Å². The van der Waals surface area contributed by atoms with E-state index >= 15 is 0 Å². The lowest BCUT2D eigenvalue weighted by atomic mass is 10.1. The van der Waals surface area contributed by atoms with Crippen LogP contribution in [0.15, 0.2) is 77.8 Å². The van der Waals surface area contributed by atoms with Crippen LogP contribution in [0, 0.1) is 5.92 Å². The van der Waals surface area contributed by atoms with Gasteiger partial charge in [-0.25, -0.2) is 13.1 Å². The fraction of sp³-hybridized carbons (Fsp3) is 0.174. The van der Waals surface area contributed by atoms with Crippen LogP contribution in [0.25, 0.3) is 21.7 Å². The van der Waals surface area contributed by atoms with Gasteiger partial charge in [-0.3, -0.25) is 4.79 Å². The van der Waals surface area contributed by atoms with Crippen molar-refractivity contribution in [1.82, 2.24) is 9.29 Å². The van der Waals surface area contributed by atoms with Gasteiger partial charge in [0.05, 0.1) is 4.90 Å². The Kier molecular flexibility index (Phi) is 4.88. The van der Waals surface area contributed by atoms with Crippen LogP contribution in [-0.4, -0.2) is 18.9 Å². The molecule has 29 heavy (non-hydrogen) atoms. The van der Waals surface area contributed by atoms with Gasteiger partial charge in [0.25, 0.3) is 15.9 Å². The zero-order valence-electron chi connectivity index (χ0n) is 16.3.